The molecule has 1 amide bonds. The van der Waals surface area contributed by atoms with Gasteiger partial charge in [0.2, 0.25) is 0 Å². The molecule has 3 aromatic carbocycles. The molecule has 44 heavy (non-hydrogen) atoms. The Hall–Kier alpha value is -4.05. The number of nitrogens with one attached hydrogen (secondary N) is 1. The molecule has 0 radical (unpaired) electrons. The fraction of sp³-hybridized carbons (Fsp3) is 0.206. The van der Waals surface area contributed by atoms with Gasteiger partial charge >= 0.3 is 0 Å². The molecule has 3 heterocycles. The number of hydrogen-bond acceptors (Lipinski definition) is 6. The molecule has 3 unspecified atom stereocenters. The average molecular weight is 630 g/mol. The van der Waals surface area contributed by atoms with E-state index in [0.717, 1.165) is 33.4 Å². The minimum absolute atomic E-state index is 0.0229. The molecule has 2 aromatic heterocycles. The van der Waals surface area contributed by atoms with Gasteiger partial charge in [-0.15, -0.1) is 0 Å². The van der Waals surface area contributed by atoms with Gasteiger partial charge in [-0.25, -0.2) is 4.98 Å². The summed E-state index contributed by atoms with van der Waals surface area (Å²) in [6, 6.07) is 27.3. The minimum Gasteiger partial charge on any atom is -0.392 e. The summed E-state index contributed by atoms with van der Waals surface area (Å²) < 4.78 is 14.8. The van der Waals surface area contributed by atoms with E-state index in [1.807, 2.05) is 60.7 Å². The maximum Gasteiger partial charge on any atom is 0.253 e. The predicted octanol–water partition coefficient (Wildman–Crippen LogP) is 6.92. The van der Waals surface area contributed by atoms with E-state index in [-0.39, 0.29) is 29.9 Å². The number of imidazole rings is 1. The zero-order chi connectivity index (χ0) is 30.5. The van der Waals surface area contributed by atoms with Crippen LogP contribution in [-0.4, -0.2) is 31.7 Å². The van der Waals surface area contributed by atoms with Gasteiger partial charge in [-0.3, -0.25) is 9.78 Å². The van der Waals surface area contributed by atoms with Crippen LogP contribution in [0.5, 0.6) is 0 Å². The Morgan fingerprint density at radius 3 is 2.45 bits per heavy atom. The Morgan fingerprint density at radius 1 is 0.932 bits per heavy atom. The third-order valence-corrected chi connectivity index (χ3v) is 8.31. The van der Waals surface area contributed by atoms with Gasteiger partial charge in [-0.2, -0.15) is 0 Å². The van der Waals surface area contributed by atoms with Crippen molar-refractivity contribution in [1.29, 1.82) is 0 Å². The molecule has 3 atom stereocenters. The van der Waals surface area contributed by atoms with Gasteiger partial charge in [0.1, 0.15) is 5.15 Å². The van der Waals surface area contributed by atoms with Gasteiger partial charge in [0, 0.05) is 30.9 Å². The standard InChI is InChI=1S/C34H30Cl2N4O4/c35-31-32(36)40(21-39-31)19-29-16-30(24-11-9-22(20-41)10-12-24)44-34(43-29)27-7-2-6-26(15-27)25-5-1-4-23(14-25)17-38-33(42)28-8-3-13-37-18-28/h1-15,18,21,29-30,34,41H,16-17,19-20H2,(H,38,42). The molecule has 5 aromatic rings. The third-order valence-electron chi connectivity index (χ3n) is 7.54. The molecule has 224 valence electrons. The van der Waals surface area contributed by atoms with E-state index in [2.05, 4.69) is 27.4 Å². The zero-order valence-electron chi connectivity index (χ0n) is 23.6. The number of nitrogens with zero attached hydrogens (tertiary/aromatic N) is 3. The van der Waals surface area contributed by atoms with Crippen LogP contribution >= 0.6 is 23.2 Å². The topological polar surface area (TPSA) is 98.5 Å². The molecule has 0 aliphatic carbocycles. The van der Waals surface area contributed by atoms with Crippen LogP contribution in [0.2, 0.25) is 10.3 Å². The number of carbonyl (C=O) groups excluding carboxylic acids is 1. The van der Waals surface area contributed by atoms with Gasteiger partial charge in [0.15, 0.2) is 11.4 Å². The number of halogens is 2. The van der Waals surface area contributed by atoms with Crippen molar-refractivity contribution < 1.29 is 19.4 Å². The second-order valence-corrected chi connectivity index (χ2v) is 11.3. The van der Waals surface area contributed by atoms with Gasteiger partial charge in [-0.1, -0.05) is 83.9 Å². The highest BCUT2D eigenvalue weighted by Crippen LogP contribution is 2.39. The molecular weight excluding hydrogens is 599 g/mol. The zero-order valence-corrected chi connectivity index (χ0v) is 25.2. The van der Waals surface area contributed by atoms with Crippen LogP contribution in [0.15, 0.2) is 104 Å². The summed E-state index contributed by atoms with van der Waals surface area (Å²) in [5, 5.41) is 13.1. The third kappa shape index (κ3) is 7.01. The number of rotatable bonds is 9. The summed E-state index contributed by atoms with van der Waals surface area (Å²) >= 11 is 12.5. The molecule has 0 spiro atoms. The maximum absolute atomic E-state index is 12.5. The SMILES string of the molecule is O=C(NCc1cccc(-c2cccc(C3OC(Cn4cnc(Cl)c4Cl)CC(c4ccc(CO)cc4)O3)c2)c1)c1cccnc1. The highest BCUT2D eigenvalue weighted by atomic mass is 35.5. The highest BCUT2D eigenvalue weighted by Gasteiger charge is 2.33. The number of carbonyl (C=O) groups is 1. The van der Waals surface area contributed by atoms with Crippen LogP contribution in [0.3, 0.4) is 0 Å². The second-order valence-electron chi connectivity index (χ2n) is 10.6. The lowest BCUT2D eigenvalue weighted by molar-refractivity contribution is -0.252. The largest absolute Gasteiger partial charge is 0.392 e. The van der Waals surface area contributed by atoms with Gasteiger partial charge in [-0.05, 0) is 52.1 Å². The lowest BCUT2D eigenvalue weighted by Crippen LogP contribution is -2.32. The first-order valence-corrected chi connectivity index (χ1v) is 15.0. The molecule has 2 N–H and O–H groups in total. The number of ether oxygens (including phenoxy) is 2. The number of amides is 1. The van der Waals surface area contributed by atoms with E-state index < -0.39 is 6.29 Å². The summed E-state index contributed by atoms with van der Waals surface area (Å²) in [6.07, 6.45) is 4.25. The number of aromatic nitrogens is 3. The van der Waals surface area contributed by atoms with Crippen molar-refractivity contribution in [3.05, 3.63) is 142 Å². The van der Waals surface area contributed by atoms with E-state index in [1.165, 1.54) is 0 Å². The molecule has 1 aliphatic heterocycles. The predicted molar refractivity (Wildman–Crippen MR) is 168 cm³/mol. The quantitative estimate of drug-likeness (QED) is 0.184. The van der Waals surface area contributed by atoms with Gasteiger partial charge in [0.25, 0.3) is 5.91 Å². The first-order valence-electron chi connectivity index (χ1n) is 14.2. The van der Waals surface area contributed by atoms with Crippen molar-refractivity contribution in [2.75, 3.05) is 0 Å². The normalized spacial score (nSPS) is 18.2. The van der Waals surface area contributed by atoms with Crippen molar-refractivity contribution in [1.82, 2.24) is 19.9 Å². The van der Waals surface area contributed by atoms with Gasteiger partial charge in [0.05, 0.1) is 37.3 Å². The Kier molecular flexibility index (Phi) is 9.35. The second kappa shape index (κ2) is 13.7. The number of aliphatic hydroxyl groups excluding tert-OH is 1. The van der Waals surface area contributed by atoms with Crippen molar-refractivity contribution in [2.45, 2.75) is 44.6 Å². The van der Waals surface area contributed by atoms with E-state index in [1.54, 1.807) is 35.4 Å². The van der Waals surface area contributed by atoms with Crippen LogP contribution in [-0.2, 0) is 29.2 Å². The molecular formula is C34H30Cl2N4O4. The van der Waals surface area contributed by atoms with Crippen molar-refractivity contribution in [3.63, 3.8) is 0 Å². The first-order chi connectivity index (χ1) is 21.5. The molecule has 8 nitrogen and oxygen atoms in total. The molecule has 10 heteroatoms. The fourth-order valence-corrected chi connectivity index (χ4v) is 5.54. The Morgan fingerprint density at radius 2 is 1.73 bits per heavy atom. The Bertz CT molecular complexity index is 1730. The lowest BCUT2D eigenvalue weighted by Gasteiger charge is -2.36. The molecule has 0 saturated carbocycles. The summed E-state index contributed by atoms with van der Waals surface area (Å²) in [6.45, 7) is 0.816. The highest BCUT2D eigenvalue weighted by molar-refractivity contribution is 6.40. The van der Waals surface area contributed by atoms with Crippen LogP contribution in [0.25, 0.3) is 11.1 Å². The van der Waals surface area contributed by atoms with E-state index in [4.69, 9.17) is 32.7 Å². The van der Waals surface area contributed by atoms with Crippen molar-refractivity contribution in [3.8, 4) is 11.1 Å². The average Bonchev–Trinajstić information content (AvgIpc) is 3.39. The molecule has 1 aliphatic rings. The van der Waals surface area contributed by atoms with Crippen LogP contribution in [0.4, 0.5) is 0 Å². The lowest BCUT2D eigenvalue weighted by atomic mass is 9.98. The van der Waals surface area contributed by atoms with Crippen molar-refractivity contribution in [2.24, 2.45) is 0 Å². The smallest absolute Gasteiger partial charge is 0.253 e. The molecule has 1 saturated heterocycles. The molecule has 0 bridgehead atoms. The molecule has 6 rings (SSSR count). The van der Waals surface area contributed by atoms with Crippen LogP contribution in [0, 0.1) is 0 Å². The summed E-state index contributed by atoms with van der Waals surface area (Å²) in [4.78, 5) is 20.6. The van der Waals surface area contributed by atoms with E-state index >= 15 is 0 Å². The Labute approximate surface area is 265 Å². The van der Waals surface area contributed by atoms with Crippen LogP contribution < -0.4 is 5.32 Å². The van der Waals surface area contributed by atoms with E-state index in [0.29, 0.717) is 30.2 Å². The number of hydrogen-bond donors (Lipinski definition) is 2. The number of benzene rings is 3. The van der Waals surface area contributed by atoms with Crippen LogP contribution in [0.1, 0.15) is 51.4 Å². The minimum atomic E-state index is -0.643. The Balaban J connectivity index is 1.22. The monoisotopic (exact) mass is 628 g/mol. The van der Waals surface area contributed by atoms with E-state index in [9.17, 15) is 9.90 Å². The molecule has 1 fully saturated rings. The number of aliphatic hydroxyl groups is 1. The summed E-state index contributed by atoms with van der Waals surface area (Å²) in [7, 11) is 0. The number of pyridine rings is 1. The summed E-state index contributed by atoms with van der Waals surface area (Å²) in [5.41, 5.74) is 6.18. The summed E-state index contributed by atoms with van der Waals surface area (Å²) in [5.74, 6) is -0.175. The first kappa shape index (κ1) is 30.0. The van der Waals surface area contributed by atoms with Crippen molar-refractivity contribution >= 4 is 29.1 Å². The van der Waals surface area contributed by atoms with Gasteiger partial charge < -0.3 is 24.5 Å². The maximum atomic E-state index is 12.5. The fourth-order valence-electron chi connectivity index (χ4n) is 5.23.